The highest BCUT2D eigenvalue weighted by Gasteiger charge is 2.45. The van der Waals surface area contributed by atoms with Crippen molar-refractivity contribution in [2.45, 2.75) is 13.0 Å². The third kappa shape index (κ3) is 4.65. The number of esters is 1. The molecule has 0 bridgehead atoms. The lowest BCUT2D eigenvalue weighted by molar-refractivity contribution is -0.117. The molecule has 0 aliphatic carbocycles. The number of Topliss-reactive ketones (excluding diaryl/α,β-unsaturated/α-hetero) is 1. The molecule has 1 N–H and O–H groups in total. The minimum Gasteiger partial charge on any atom is -0.503 e. The number of ether oxygens (including phenoxy) is 3. The number of aliphatic hydroxyl groups excluding tert-OH is 1. The zero-order chi connectivity index (χ0) is 28.6. The first-order valence-electron chi connectivity index (χ1n) is 12.3. The van der Waals surface area contributed by atoms with E-state index in [0.29, 0.717) is 27.5 Å². The molecule has 1 atom stereocenters. The molecule has 9 nitrogen and oxygen atoms in total. The Labute approximate surface area is 234 Å². The van der Waals surface area contributed by atoms with Crippen LogP contribution in [-0.4, -0.2) is 43.6 Å². The molecule has 3 aromatic carbocycles. The maximum atomic E-state index is 14.0. The van der Waals surface area contributed by atoms with Gasteiger partial charge in [-0.15, -0.1) is 0 Å². The van der Waals surface area contributed by atoms with Crippen LogP contribution < -0.4 is 14.4 Å². The highest BCUT2D eigenvalue weighted by atomic mass is 35.5. The summed E-state index contributed by atoms with van der Waals surface area (Å²) in [7, 11) is 2.94. The van der Waals surface area contributed by atoms with Gasteiger partial charge in [-0.3, -0.25) is 14.5 Å². The van der Waals surface area contributed by atoms with Crippen LogP contribution in [0.5, 0.6) is 11.5 Å². The third-order valence-electron chi connectivity index (χ3n) is 6.49. The van der Waals surface area contributed by atoms with Gasteiger partial charge in [-0.1, -0.05) is 29.8 Å². The molecule has 1 aliphatic heterocycles. The number of halogens is 1. The topological polar surface area (TPSA) is 116 Å². The van der Waals surface area contributed by atoms with Gasteiger partial charge >= 0.3 is 5.97 Å². The highest BCUT2D eigenvalue weighted by Crippen LogP contribution is 2.43. The number of aliphatic hydroxyl groups is 1. The second kappa shape index (κ2) is 10.8. The summed E-state index contributed by atoms with van der Waals surface area (Å²) in [6.07, 6.45) is 0. The number of benzene rings is 3. The number of hydrogen-bond acceptors (Lipinski definition) is 8. The van der Waals surface area contributed by atoms with Gasteiger partial charge in [0.25, 0.3) is 5.91 Å². The van der Waals surface area contributed by atoms with E-state index in [0.717, 1.165) is 0 Å². The molecule has 1 unspecified atom stereocenters. The molecule has 0 spiro atoms. The third-order valence-corrected chi connectivity index (χ3v) is 6.71. The Morgan fingerprint density at radius 2 is 1.80 bits per heavy atom. The Balaban J connectivity index is 1.66. The Morgan fingerprint density at radius 3 is 2.52 bits per heavy atom. The number of amides is 1. The fourth-order valence-electron chi connectivity index (χ4n) is 4.71. The van der Waals surface area contributed by atoms with E-state index in [9.17, 15) is 19.5 Å². The zero-order valence-corrected chi connectivity index (χ0v) is 22.5. The van der Waals surface area contributed by atoms with Gasteiger partial charge in [-0.2, -0.15) is 0 Å². The van der Waals surface area contributed by atoms with Crippen LogP contribution in [0, 0.1) is 0 Å². The smallest absolute Gasteiger partial charge is 0.338 e. The highest BCUT2D eigenvalue weighted by molar-refractivity contribution is 6.31. The molecule has 0 radical (unpaired) electrons. The number of nitrogens with zero attached hydrogens (tertiary/aromatic N) is 1. The lowest BCUT2D eigenvalue weighted by atomic mass is 9.94. The number of anilines is 1. The number of carbonyl (C=O) groups excluding carboxylic acids is 3. The van der Waals surface area contributed by atoms with Crippen LogP contribution in [-0.2, 0) is 9.53 Å². The summed E-state index contributed by atoms with van der Waals surface area (Å²) in [5.41, 5.74) is 1.05. The van der Waals surface area contributed by atoms with E-state index in [1.165, 1.54) is 31.3 Å². The predicted molar refractivity (Wildman–Crippen MR) is 147 cm³/mol. The fraction of sp³-hybridized carbons (Fsp3) is 0.167. The zero-order valence-electron chi connectivity index (χ0n) is 21.8. The van der Waals surface area contributed by atoms with E-state index >= 15 is 0 Å². The molecule has 2 heterocycles. The molecular formula is C30H24ClNO8. The van der Waals surface area contributed by atoms with Crippen LogP contribution in [0.1, 0.15) is 39.4 Å². The second-order valence-electron chi connectivity index (χ2n) is 8.85. The molecular weight excluding hydrogens is 538 g/mol. The maximum absolute atomic E-state index is 14.0. The molecule has 0 fully saturated rings. The van der Waals surface area contributed by atoms with Gasteiger partial charge in [0.1, 0.15) is 5.75 Å². The lowest BCUT2D eigenvalue weighted by Crippen LogP contribution is -2.31. The Morgan fingerprint density at radius 1 is 1.02 bits per heavy atom. The van der Waals surface area contributed by atoms with E-state index < -0.39 is 29.5 Å². The summed E-state index contributed by atoms with van der Waals surface area (Å²) in [5.74, 6) is -2.18. The van der Waals surface area contributed by atoms with Crippen molar-refractivity contribution >= 4 is 45.9 Å². The van der Waals surface area contributed by atoms with Crippen molar-refractivity contribution in [3.63, 3.8) is 0 Å². The van der Waals surface area contributed by atoms with Crippen molar-refractivity contribution in [1.29, 1.82) is 0 Å². The number of ketones is 1. The van der Waals surface area contributed by atoms with Gasteiger partial charge in [0.05, 0.1) is 38.0 Å². The van der Waals surface area contributed by atoms with Crippen molar-refractivity contribution in [2.24, 2.45) is 0 Å². The average Bonchev–Trinajstić information content (AvgIpc) is 3.51. The van der Waals surface area contributed by atoms with Crippen molar-refractivity contribution in [3.05, 3.63) is 100.0 Å². The van der Waals surface area contributed by atoms with E-state index in [1.54, 1.807) is 61.5 Å². The number of rotatable bonds is 8. The maximum Gasteiger partial charge on any atom is 0.338 e. The van der Waals surface area contributed by atoms with Crippen LogP contribution in [0.3, 0.4) is 0 Å². The van der Waals surface area contributed by atoms with Gasteiger partial charge < -0.3 is 23.7 Å². The summed E-state index contributed by atoms with van der Waals surface area (Å²) < 4.78 is 21.7. The summed E-state index contributed by atoms with van der Waals surface area (Å²) in [4.78, 5) is 41.2. The van der Waals surface area contributed by atoms with E-state index in [1.807, 2.05) is 0 Å². The minimum atomic E-state index is -1.08. The number of furan rings is 1. The average molecular weight is 562 g/mol. The molecule has 0 saturated heterocycles. The largest absolute Gasteiger partial charge is 0.503 e. The Kier molecular flexibility index (Phi) is 7.23. The van der Waals surface area contributed by atoms with Gasteiger partial charge in [0.2, 0.25) is 5.78 Å². The Hall–Kier alpha value is -4.76. The fourth-order valence-corrected chi connectivity index (χ4v) is 4.93. The molecule has 1 aliphatic rings. The first-order valence-corrected chi connectivity index (χ1v) is 12.6. The minimum absolute atomic E-state index is 0.125. The quantitative estimate of drug-likeness (QED) is 0.204. The molecule has 40 heavy (non-hydrogen) atoms. The van der Waals surface area contributed by atoms with E-state index in [-0.39, 0.29) is 34.8 Å². The normalized spacial score (nSPS) is 15.1. The standard InChI is InChI=1S/C30H24ClNO8/c1-4-39-30(36)17-8-5-9-20(12-17)32-25(16-7-6-10-21(13-16)37-2)24(27(34)29(32)35)26(33)22-14-18-11-19(31)15-23(38-3)28(18)40-22/h5-15,25,34H,4H2,1-3H3. The van der Waals surface area contributed by atoms with Gasteiger partial charge in [-0.25, -0.2) is 4.79 Å². The van der Waals surface area contributed by atoms with Crippen molar-refractivity contribution < 1.29 is 38.1 Å². The van der Waals surface area contributed by atoms with Crippen LogP contribution in [0.15, 0.2) is 82.5 Å². The summed E-state index contributed by atoms with van der Waals surface area (Å²) in [6, 6.07) is 16.6. The van der Waals surface area contributed by atoms with E-state index in [2.05, 4.69) is 0 Å². The molecule has 4 aromatic rings. The second-order valence-corrected chi connectivity index (χ2v) is 9.29. The van der Waals surface area contributed by atoms with Crippen molar-refractivity contribution in [3.8, 4) is 11.5 Å². The summed E-state index contributed by atoms with van der Waals surface area (Å²) in [5, 5.41) is 12.0. The SMILES string of the molecule is CCOC(=O)c1cccc(N2C(=O)C(O)=C(C(=O)c3cc4cc(Cl)cc(OC)c4o3)C2c2cccc(OC)c2)c1. The van der Waals surface area contributed by atoms with E-state index in [4.69, 9.17) is 30.2 Å². The lowest BCUT2D eigenvalue weighted by Gasteiger charge is -2.27. The van der Waals surface area contributed by atoms with Crippen LogP contribution in [0.2, 0.25) is 5.02 Å². The number of fused-ring (bicyclic) bond motifs is 1. The van der Waals surface area contributed by atoms with Crippen molar-refractivity contribution in [2.75, 3.05) is 25.7 Å². The number of carbonyl (C=O) groups is 3. The van der Waals surface area contributed by atoms with Crippen molar-refractivity contribution in [1.82, 2.24) is 0 Å². The first kappa shape index (κ1) is 26.8. The Bertz CT molecular complexity index is 1690. The van der Waals surface area contributed by atoms with Gasteiger partial charge in [-0.05, 0) is 55.0 Å². The molecule has 1 amide bonds. The molecule has 1 aromatic heterocycles. The number of hydrogen-bond donors (Lipinski definition) is 1. The first-order chi connectivity index (χ1) is 19.3. The number of methoxy groups -OCH3 is 2. The van der Waals surface area contributed by atoms with Gasteiger partial charge in [0.15, 0.2) is 22.9 Å². The molecule has 10 heteroatoms. The molecule has 5 rings (SSSR count). The van der Waals surface area contributed by atoms with Crippen LogP contribution in [0.25, 0.3) is 11.0 Å². The van der Waals surface area contributed by atoms with Crippen LogP contribution >= 0.6 is 11.6 Å². The summed E-state index contributed by atoms with van der Waals surface area (Å²) >= 11 is 6.18. The molecule has 204 valence electrons. The predicted octanol–water partition coefficient (Wildman–Crippen LogP) is 6.06. The monoisotopic (exact) mass is 561 g/mol. The van der Waals surface area contributed by atoms with Crippen LogP contribution in [0.4, 0.5) is 5.69 Å². The molecule has 0 saturated carbocycles. The summed E-state index contributed by atoms with van der Waals surface area (Å²) in [6.45, 7) is 1.86. The van der Waals surface area contributed by atoms with Gasteiger partial charge in [0, 0.05) is 22.2 Å².